The van der Waals surface area contributed by atoms with E-state index in [4.69, 9.17) is 14.2 Å². The Bertz CT molecular complexity index is 645. The van der Waals surface area contributed by atoms with E-state index in [0.29, 0.717) is 19.2 Å². The molecule has 0 atom stereocenters. The first-order valence-electron chi connectivity index (χ1n) is 8.50. The van der Waals surface area contributed by atoms with Gasteiger partial charge in [0.25, 0.3) is 0 Å². The van der Waals surface area contributed by atoms with Gasteiger partial charge in [0.05, 0.1) is 19.8 Å². The summed E-state index contributed by atoms with van der Waals surface area (Å²) in [6.45, 7) is 4.52. The van der Waals surface area contributed by atoms with Crippen molar-refractivity contribution in [1.29, 1.82) is 0 Å². The van der Waals surface area contributed by atoms with Crippen molar-refractivity contribution in [3.05, 3.63) is 36.5 Å². The third kappa shape index (κ3) is 5.30. The van der Waals surface area contributed by atoms with Crippen LogP contribution in [-0.4, -0.2) is 56.6 Å². The number of aromatic nitrogens is 2. The van der Waals surface area contributed by atoms with Gasteiger partial charge < -0.3 is 24.4 Å². The van der Waals surface area contributed by atoms with Gasteiger partial charge in [-0.25, -0.2) is 4.98 Å². The van der Waals surface area contributed by atoms with E-state index in [-0.39, 0.29) is 0 Å². The van der Waals surface area contributed by atoms with Crippen molar-refractivity contribution in [2.75, 3.05) is 56.8 Å². The molecule has 1 aromatic carbocycles. The predicted molar refractivity (Wildman–Crippen MR) is 96.8 cm³/mol. The minimum Gasteiger partial charge on any atom is -0.494 e. The quantitative estimate of drug-likeness (QED) is 0.738. The smallest absolute Gasteiger partial charge is 0.229 e. The zero-order valence-corrected chi connectivity index (χ0v) is 14.5. The SMILES string of the molecule is COCCCOc1ccc(Nc2nccc(N3CCOCC3)n2)cc1. The first kappa shape index (κ1) is 17.4. The Morgan fingerprint density at radius 2 is 1.92 bits per heavy atom. The Labute approximate surface area is 147 Å². The van der Waals surface area contributed by atoms with Gasteiger partial charge in [0.15, 0.2) is 0 Å². The topological polar surface area (TPSA) is 68.7 Å². The van der Waals surface area contributed by atoms with Crippen molar-refractivity contribution in [2.24, 2.45) is 0 Å². The van der Waals surface area contributed by atoms with Crippen LogP contribution in [0.25, 0.3) is 0 Å². The van der Waals surface area contributed by atoms with E-state index >= 15 is 0 Å². The predicted octanol–water partition coefficient (Wildman–Crippen LogP) is 2.47. The van der Waals surface area contributed by atoms with Crippen LogP contribution in [-0.2, 0) is 9.47 Å². The lowest BCUT2D eigenvalue weighted by molar-refractivity contribution is 0.122. The van der Waals surface area contributed by atoms with Crippen molar-refractivity contribution in [3.63, 3.8) is 0 Å². The number of nitrogens with zero attached hydrogens (tertiary/aromatic N) is 3. The fourth-order valence-electron chi connectivity index (χ4n) is 2.53. The summed E-state index contributed by atoms with van der Waals surface area (Å²) >= 11 is 0. The van der Waals surface area contributed by atoms with Crippen LogP contribution in [0.15, 0.2) is 36.5 Å². The van der Waals surface area contributed by atoms with Crippen molar-refractivity contribution in [2.45, 2.75) is 6.42 Å². The molecular weight excluding hydrogens is 320 g/mol. The Hall–Kier alpha value is -2.38. The monoisotopic (exact) mass is 344 g/mol. The molecular formula is C18H24N4O3. The number of benzene rings is 1. The van der Waals surface area contributed by atoms with Gasteiger partial charge in [0.1, 0.15) is 11.6 Å². The summed E-state index contributed by atoms with van der Waals surface area (Å²) < 4.78 is 16.0. The summed E-state index contributed by atoms with van der Waals surface area (Å²) in [4.78, 5) is 11.1. The number of rotatable bonds is 8. The molecule has 1 saturated heterocycles. The number of hydrogen-bond acceptors (Lipinski definition) is 7. The Morgan fingerprint density at radius 1 is 1.12 bits per heavy atom. The maximum absolute atomic E-state index is 5.65. The van der Waals surface area contributed by atoms with E-state index in [1.165, 1.54) is 0 Å². The lowest BCUT2D eigenvalue weighted by Crippen LogP contribution is -2.36. The molecule has 2 aromatic rings. The number of anilines is 3. The molecule has 0 unspecified atom stereocenters. The molecule has 0 amide bonds. The first-order valence-corrected chi connectivity index (χ1v) is 8.50. The van der Waals surface area contributed by atoms with Crippen LogP contribution < -0.4 is 15.0 Å². The lowest BCUT2D eigenvalue weighted by Gasteiger charge is -2.27. The maximum atomic E-state index is 5.65. The van der Waals surface area contributed by atoms with Gasteiger partial charge in [-0.05, 0) is 30.3 Å². The summed E-state index contributed by atoms with van der Waals surface area (Å²) in [5.41, 5.74) is 0.920. The number of ether oxygens (including phenoxy) is 3. The van der Waals surface area contributed by atoms with Gasteiger partial charge in [0.2, 0.25) is 5.95 Å². The fraction of sp³-hybridized carbons (Fsp3) is 0.444. The minimum absolute atomic E-state index is 0.581. The average molecular weight is 344 g/mol. The summed E-state index contributed by atoms with van der Waals surface area (Å²) in [6.07, 6.45) is 2.64. The Kier molecular flexibility index (Phi) is 6.42. The number of methoxy groups -OCH3 is 1. The largest absolute Gasteiger partial charge is 0.494 e. The second-order valence-corrected chi connectivity index (χ2v) is 5.68. The van der Waals surface area contributed by atoms with Crippen LogP contribution in [0.3, 0.4) is 0 Å². The molecule has 0 radical (unpaired) electrons. The molecule has 2 heterocycles. The van der Waals surface area contributed by atoms with E-state index in [1.54, 1.807) is 13.3 Å². The zero-order chi connectivity index (χ0) is 17.3. The Balaban J connectivity index is 1.56. The van der Waals surface area contributed by atoms with Crippen molar-refractivity contribution in [3.8, 4) is 5.75 Å². The molecule has 1 fully saturated rings. The molecule has 0 spiro atoms. The average Bonchev–Trinajstić information content (AvgIpc) is 2.67. The molecule has 0 saturated carbocycles. The molecule has 134 valence electrons. The third-order valence-corrected chi connectivity index (χ3v) is 3.85. The first-order chi connectivity index (χ1) is 12.3. The third-order valence-electron chi connectivity index (χ3n) is 3.85. The van der Waals surface area contributed by atoms with Gasteiger partial charge in [-0.1, -0.05) is 0 Å². The molecule has 1 aromatic heterocycles. The summed E-state index contributed by atoms with van der Waals surface area (Å²) in [5.74, 6) is 2.33. The highest BCUT2D eigenvalue weighted by Crippen LogP contribution is 2.20. The van der Waals surface area contributed by atoms with Crippen LogP contribution in [0.2, 0.25) is 0 Å². The number of nitrogens with one attached hydrogen (secondary N) is 1. The Morgan fingerprint density at radius 3 is 2.68 bits per heavy atom. The van der Waals surface area contributed by atoms with Crippen LogP contribution in [0.4, 0.5) is 17.5 Å². The molecule has 0 aliphatic carbocycles. The van der Waals surface area contributed by atoms with Crippen LogP contribution >= 0.6 is 0 Å². The van der Waals surface area contributed by atoms with Gasteiger partial charge in [-0.2, -0.15) is 4.98 Å². The molecule has 1 N–H and O–H groups in total. The molecule has 7 heteroatoms. The highest BCUT2D eigenvalue weighted by molar-refractivity contribution is 5.56. The van der Waals surface area contributed by atoms with E-state index in [2.05, 4.69) is 20.2 Å². The summed E-state index contributed by atoms with van der Waals surface area (Å²) in [5, 5.41) is 3.23. The maximum Gasteiger partial charge on any atom is 0.229 e. The van der Waals surface area contributed by atoms with Crippen molar-refractivity contribution in [1.82, 2.24) is 9.97 Å². The van der Waals surface area contributed by atoms with E-state index < -0.39 is 0 Å². The highest BCUT2D eigenvalue weighted by atomic mass is 16.5. The van der Waals surface area contributed by atoms with E-state index in [0.717, 1.165) is 50.0 Å². The van der Waals surface area contributed by atoms with Gasteiger partial charge in [-0.15, -0.1) is 0 Å². The lowest BCUT2D eigenvalue weighted by atomic mass is 10.3. The fourth-order valence-corrected chi connectivity index (χ4v) is 2.53. The molecule has 25 heavy (non-hydrogen) atoms. The molecule has 1 aliphatic heterocycles. The van der Waals surface area contributed by atoms with Gasteiger partial charge in [-0.3, -0.25) is 0 Å². The van der Waals surface area contributed by atoms with Crippen LogP contribution in [0.5, 0.6) is 5.75 Å². The second-order valence-electron chi connectivity index (χ2n) is 5.68. The van der Waals surface area contributed by atoms with E-state index in [1.807, 2.05) is 30.3 Å². The highest BCUT2D eigenvalue weighted by Gasteiger charge is 2.13. The number of hydrogen-bond donors (Lipinski definition) is 1. The van der Waals surface area contributed by atoms with Crippen molar-refractivity contribution < 1.29 is 14.2 Å². The van der Waals surface area contributed by atoms with Gasteiger partial charge in [0, 0.05) is 45.1 Å². The molecule has 3 rings (SSSR count). The summed E-state index contributed by atoms with van der Waals surface area (Å²) in [6, 6.07) is 9.70. The summed E-state index contributed by atoms with van der Waals surface area (Å²) in [7, 11) is 1.69. The van der Waals surface area contributed by atoms with Gasteiger partial charge >= 0.3 is 0 Å². The normalized spacial score (nSPS) is 14.4. The molecule has 0 bridgehead atoms. The zero-order valence-electron chi connectivity index (χ0n) is 14.5. The molecule has 7 nitrogen and oxygen atoms in total. The molecule has 1 aliphatic rings. The minimum atomic E-state index is 0.581. The van der Waals surface area contributed by atoms with Crippen LogP contribution in [0.1, 0.15) is 6.42 Å². The van der Waals surface area contributed by atoms with Crippen molar-refractivity contribution >= 4 is 17.5 Å². The number of morpholine rings is 1. The van der Waals surface area contributed by atoms with Crippen LogP contribution in [0, 0.1) is 0 Å². The van der Waals surface area contributed by atoms with E-state index in [9.17, 15) is 0 Å². The standard InChI is InChI=1S/C18H24N4O3/c1-23-11-2-12-25-16-5-3-15(4-6-16)20-18-19-8-7-17(21-18)22-9-13-24-14-10-22/h3-8H,2,9-14H2,1H3,(H,19,20,21). The second kappa shape index (κ2) is 9.19.